The van der Waals surface area contributed by atoms with Crippen molar-refractivity contribution in [1.29, 1.82) is 0 Å². The van der Waals surface area contributed by atoms with E-state index in [4.69, 9.17) is 4.98 Å². The van der Waals surface area contributed by atoms with Crippen LogP contribution in [0.2, 0.25) is 0 Å². The predicted molar refractivity (Wildman–Crippen MR) is 98.3 cm³/mol. The Hall–Kier alpha value is -2.28. The van der Waals surface area contributed by atoms with Gasteiger partial charge in [-0.15, -0.1) is 0 Å². The van der Waals surface area contributed by atoms with Crippen LogP contribution in [-0.2, 0) is 16.9 Å². The predicted octanol–water partition coefficient (Wildman–Crippen LogP) is 2.81. The van der Waals surface area contributed by atoms with E-state index < -0.39 is 6.67 Å². The van der Waals surface area contributed by atoms with Crippen LogP contribution in [0, 0.1) is 5.82 Å². The maximum Gasteiger partial charge on any atom is 0.225 e. The first-order valence-electron chi connectivity index (χ1n) is 9.42. The number of likely N-dealkylation sites (N-methyl/N-ethyl adjacent to an activating group) is 1. The molecule has 0 saturated carbocycles. The molecule has 0 bridgehead atoms. The van der Waals surface area contributed by atoms with Gasteiger partial charge in [0, 0.05) is 31.7 Å². The Morgan fingerprint density at radius 2 is 2.00 bits per heavy atom. The van der Waals surface area contributed by atoms with Gasteiger partial charge in [0.2, 0.25) is 5.91 Å². The van der Waals surface area contributed by atoms with E-state index in [0.29, 0.717) is 13.1 Å². The van der Waals surface area contributed by atoms with E-state index in [2.05, 4.69) is 16.5 Å². The van der Waals surface area contributed by atoms with Crippen molar-refractivity contribution < 1.29 is 13.6 Å². The number of hydrogen-bond donors (Lipinski definition) is 0. The minimum atomic E-state index is -0.609. The number of carbonyl (C=O) groups is 1. The van der Waals surface area contributed by atoms with Crippen LogP contribution in [0.4, 0.5) is 8.78 Å². The highest BCUT2D eigenvalue weighted by atomic mass is 19.1. The van der Waals surface area contributed by atoms with Gasteiger partial charge >= 0.3 is 0 Å². The van der Waals surface area contributed by atoms with Crippen molar-refractivity contribution in [2.45, 2.75) is 31.3 Å². The zero-order chi connectivity index (χ0) is 19.0. The molecule has 1 aromatic carbocycles. The number of hydrogen-bond acceptors (Lipinski definition) is 3. The summed E-state index contributed by atoms with van der Waals surface area (Å²) >= 11 is 0. The van der Waals surface area contributed by atoms with Gasteiger partial charge < -0.3 is 9.47 Å². The molecule has 0 atom stereocenters. The lowest BCUT2D eigenvalue weighted by Crippen LogP contribution is -2.57. The van der Waals surface area contributed by atoms with E-state index in [1.54, 1.807) is 11.0 Å². The summed E-state index contributed by atoms with van der Waals surface area (Å²) in [5, 5.41) is 0. The average Bonchev–Trinajstić information content (AvgIpc) is 3.11. The molecule has 0 unspecified atom stereocenters. The zero-order valence-corrected chi connectivity index (χ0v) is 15.5. The molecular weight excluding hydrogens is 350 g/mol. The number of piperidine rings is 1. The quantitative estimate of drug-likeness (QED) is 0.830. The largest absolute Gasteiger partial charge is 0.342 e. The van der Waals surface area contributed by atoms with Crippen LogP contribution >= 0.6 is 0 Å². The molecule has 0 aliphatic carbocycles. The second-order valence-electron chi connectivity index (χ2n) is 7.40. The zero-order valence-electron chi connectivity index (χ0n) is 15.5. The SMILES string of the molecule is CN1CCn2c(-c3cccc(F)c3)cnc2C12CCN(C(=O)CCF)CC2. The summed E-state index contributed by atoms with van der Waals surface area (Å²) in [6.45, 7) is 2.26. The smallest absolute Gasteiger partial charge is 0.225 e. The van der Waals surface area contributed by atoms with Crippen molar-refractivity contribution in [3.63, 3.8) is 0 Å². The number of rotatable bonds is 3. The van der Waals surface area contributed by atoms with Gasteiger partial charge in [0.1, 0.15) is 11.6 Å². The fourth-order valence-electron chi connectivity index (χ4n) is 4.46. The Kier molecular flexibility index (Phi) is 4.72. The highest BCUT2D eigenvalue weighted by Gasteiger charge is 2.46. The molecule has 5 nitrogen and oxygen atoms in total. The fourth-order valence-corrected chi connectivity index (χ4v) is 4.46. The van der Waals surface area contributed by atoms with Gasteiger partial charge in [-0.3, -0.25) is 14.1 Å². The molecule has 1 amide bonds. The van der Waals surface area contributed by atoms with Crippen LogP contribution in [0.15, 0.2) is 30.5 Å². The van der Waals surface area contributed by atoms with Crippen LogP contribution in [-0.4, -0.2) is 58.6 Å². The second-order valence-corrected chi connectivity index (χ2v) is 7.40. The summed E-state index contributed by atoms with van der Waals surface area (Å²) in [4.78, 5) is 20.8. The third-order valence-corrected chi connectivity index (χ3v) is 6.03. The van der Waals surface area contributed by atoms with Crippen molar-refractivity contribution in [2.24, 2.45) is 0 Å². The third kappa shape index (κ3) is 3.04. The molecule has 4 rings (SSSR count). The number of amides is 1. The van der Waals surface area contributed by atoms with Crippen LogP contribution in [0.25, 0.3) is 11.3 Å². The molecule has 1 spiro atoms. The van der Waals surface area contributed by atoms with E-state index in [1.807, 2.05) is 12.3 Å². The van der Waals surface area contributed by atoms with E-state index >= 15 is 0 Å². The first-order chi connectivity index (χ1) is 13.0. The number of carbonyl (C=O) groups excluding carboxylic acids is 1. The van der Waals surface area contributed by atoms with Crippen molar-refractivity contribution in [3.8, 4) is 11.3 Å². The maximum atomic E-state index is 13.7. The summed E-state index contributed by atoms with van der Waals surface area (Å²) in [7, 11) is 2.10. The third-order valence-electron chi connectivity index (χ3n) is 6.03. The first-order valence-corrected chi connectivity index (χ1v) is 9.42. The number of aromatic nitrogens is 2. The molecule has 144 valence electrons. The molecule has 2 aromatic rings. The lowest BCUT2D eigenvalue weighted by atomic mass is 9.83. The van der Waals surface area contributed by atoms with Crippen molar-refractivity contribution in [1.82, 2.24) is 19.4 Å². The van der Waals surface area contributed by atoms with E-state index in [9.17, 15) is 13.6 Å². The molecule has 1 fully saturated rings. The highest BCUT2D eigenvalue weighted by Crippen LogP contribution is 2.41. The van der Waals surface area contributed by atoms with Gasteiger partial charge in [-0.05, 0) is 32.0 Å². The number of alkyl halides is 1. The Balaban J connectivity index is 1.65. The Bertz CT molecular complexity index is 842. The van der Waals surface area contributed by atoms with Crippen molar-refractivity contribution in [3.05, 3.63) is 42.1 Å². The van der Waals surface area contributed by atoms with Gasteiger partial charge in [-0.25, -0.2) is 9.37 Å². The van der Waals surface area contributed by atoms with Crippen LogP contribution in [0.5, 0.6) is 0 Å². The number of fused-ring (bicyclic) bond motifs is 2. The molecule has 2 aliphatic rings. The first kappa shape index (κ1) is 18.1. The van der Waals surface area contributed by atoms with Crippen LogP contribution in [0.1, 0.15) is 25.1 Å². The summed E-state index contributed by atoms with van der Waals surface area (Å²) in [6, 6.07) is 6.59. The fraction of sp³-hybridized carbons (Fsp3) is 0.500. The summed E-state index contributed by atoms with van der Waals surface area (Å²) < 4.78 is 28.4. The van der Waals surface area contributed by atoms with Crippen LogP contribution in [0.3, 0.4) is 0 Å². The Morgan fingerprint density at radius 1 is 1.22 bits per heavy atom. The molecule has 3 heterocycles. The van der Waals surface area contributed by atoms with Crippen molar-refractivity contribution >= 4 is 5.91 Å². The molecule has 1 aromatic heterocycles. The minimum absolute atomic E-state index is 0.0405. The van der Waals surface area contributed by atoms with Gasteiger partial charge in [0.25, 0.3) is 0 Å². The number of halogens is 2. The Morgan fingerprint density at radius 3 is 2.70 bits per heavy atom. The number of imidazole rings is 1. The lowest BCUT2D eigenvalue weighted by molar-refractivity contribution is -0.134. The average molecular weight is 374 g/mol. The molecule has 2 aliphatic heterocycles. The monoisotopic (exact) mass is 374 g/mol. The van der Waals surface area contributed by atoms with Gasteiger partial charge in [0.05, 0.1) is 30.5 Å². The summed E-state index contributed by atoms with van der Waals surface area (Å²) in [5.74, 6) is 0.605. The van der Waals surface area contributed by atoms with Crippen LogP contribution < -0.4 is 0 Å². The number of nitrogens with zero attached hydrogens (tertiary/aromatic N) is 4. The van der Waals surface area contributed by atoms with E-state index in [1.165, 1.54) is 12.1 Å². The second kappa shape index (κ2) is 7.03. The van der Waals surface area contributed by atoms with E-state index in [0.717, 1.165) is 43.0 Å². The van der Waals surface area contributed by atoms with Gasteiger partial charge in [0.15, 0.2) is 0 Å². The normalized spacial score (nSPS) is 19.3. The topological polar surface area (TPSA) is 41.4 Å². The standard InChI is InChI=1S/C20H24F2N4O/c1-24-11-12-26-17(15-3-2-4-16(22)13-15)14-23-19(26)20(24)6-9-25(10-7-20)18(27)5-8-21/h2-4,13-14H,5-12H2,1H3. The maximum absolute atomic E-state index is 13.7. The van der Waals surface area contributed by atoms with Gasteiger partial charge in [-0.1, -0.05) is 12.1 Å². The molecule has 0 N–H and O–H groups in total. The van der Waals surface area contributed by atoms with Gasteiger partial charge in [-0.2, -0.15) is 0 Å². The Labute approximate surface area is 157 Å². The summed E-state index contributed by atoms with van der Waals surface area (Å²) in [6.07, 6.45) is 3.31. The molecule has 1 saturated heterocycles. The molecule has 27 heavy (non-hydrogen) atoms. The number of benzene rings is 1. The molecule has 7 heteroatoms. The lowest BCUT2D eigenvalue weighted by Gasteiger charge is -2.49. The molecular formula is C20H24F2N4O. The van der Waals surface area contributed by atoms with Crippen molar-refractivity contribution in [2.75, 3.05) is 33.4 Å². The number of likely N-dealkylation sites (tertiary alicyclic amines) is 1. The summed E-state index contributed by atoms with van der Waals surface area (Å²) in [5.41, 5.74) is 1.51. The minimum Gasteiger partial charge on any atom is -0.342 e. The molecule has 0 radical (unpaired) electrons. The highest BCUT2D eigenvalue weighted by molar-refractivity contribution is 5.76. The van der Waals surface area contributed by atoms with E-state index in [-0.39, 0.29) is 23.7 Å².